The number of rotatable bonds is 5. The molecule has 0 amide bonds. The number of hydrogen-bond donors (Lipinski definition) is 0. The van der Waals surface area contributed by atoms with Gasteiger partial charge >= 0.3 is 0 Å². The maximum absolute atomic E-state index is 6.39. The zero-order chi connectivity index (χ0) is 34.8. The van der Waals surface area contributed by atoms with Gasteiger partial charge in [-0.3, -0.25) is 0 Å². The van der Waals surface area contributed by atoms with Crippen molar-refractivity contribution in [3.8, 4) is 67.5 Å². The van der Waals surface area contributed by atoms with Crippen molar-refractivity contribution >= 4 is 40.4 Å². The van der Waals surface area contributed by atoms with Gasteiger partial charge in [-0.15, -0.1) is 0 Å². The molecule has 10 rings (SSSR count). The smallest absolute Gasteiger partial charge is 0.164 e. The molecule has 246 valence electrons. The van der Waals surface area contributed by atoms with Gasteiger partial charge in [0.2, 0.25) is 0 Å². The van der Waals surface area contributed by atoms with E-state index in [2.05, 4.69) is 140 Å². The molecule has 0 fully saturated rings. The monoisotopic (exact) mass is 683 g/mol. The third-order valence-electron chi connectivity index (χ3n) is 10.6. The Kier molecular flexibility index (Phi) is 6.91. The first-order valence-corrected chi connectivity index (χ1v) is 20.7. The Hall–Kier alpha value is -6.43. The third-order valence-corrected chi connectivity index (χ3v) is 14.1. The Balaban J connectivity index is 1.24. The van der Waals surface area contributed by atoms with Crippen LogP contribution in [0.2, 0.25) is 13.1 Å². The molecule has 4 nitrogen and oxygen atoms in total. The predicted octanol–water partition coefficient (Wildman–Crippen LogP) is 10.9. The van der Waals surface area contributed by atoms with Crippen LogP contribution in [0.5, 0.6) is 0 Å². The summed E-state index contributed by atoms with van der Waals surface area (Å²) in [6, 6.07) is 57.5. The number of nitrogens with zero attached hydrogens (tertiary/aromatic N) is 3. The van der Waals surface area contributed by atoms with E-state index in [-0.39, 0.29) is 0 Å². The van der Waals surface area contributed by atoms with E-state index < -0.39 is 8.07 Å². The quantitative estimate of drug-likeness (QED) is 0.169. The highest BCUT2D eigenvalue weighted by Gasteiger charge is 2.39. The highest BCUT2D eigenvalue weighted by atomic mass is 28.3. The van der Waals surface area contributed by atoms with Crippen molar-refractivity contribution in [3.63, 3.8) is 0 Å². The molecular weight excluding hydrogens is 651 g/mol. The zero-order valence-electron chi connectivity index (χ0n) is 28.8. The molecule has 3 heterocycles. The van der Waals surface area contributed by atoms with Gasteiger partial charge in [0.1, 0.15) is 19.2 Å². The zero-order valence-corrected chi connectivity index (χ0v) is 29.8. The van der Waals surface area contributed by atoms with Gasteiger partial charge in [-0.2, -0.15) is 0 Å². The summed E-state index contributed by atoms with van der Waals surface area (Å²) in [4.78, 5) is 15.7. The molecule has 0 saturated heterocycles. The standard InChI is InChI=1S/C47H33N3OSi/c1-52(2)40-24-13-12-21-35(40)44-41(52)28-26-36(42(44)31-17-8-4-9-18-31)47-49-45(32-19-10-5-11-20-32)48-46(50-47)33-25-27-38-37(29-33)43-34(22-14-23-39(43)51-38)30-15-6-3-7-16-30/h3-29H,1-2H3. The van der Waals surface area contributed by atoms with Crippen LogP contribution in [0.4, 0.5) is 0 Å². The molecule has 0 bridgehead atoms. The number of furan rings is 1. The molecule has 1 aliphatic heterocycles. The molecule has 52 heavy (non-hydrogen) atoms. The third kappa shape index (κ3) is 4.78. The van der Waals surface area contributed by atoms with Gasteiger partial charge < -0.3 is 4.42 Å². The average molecular weight is 684 g/mol. The highest BCUT2D eigenvalue weighted by molar-refractivity contribution is 7.04. The lowest BCUT2D eigenvalue weighted by atomic mass is 9.90. The van der Waals surface area contributed by atoms with E-state index in [1.165, 1.54) is 27.1 Å². The van der Waals surface area contributed by atoms with Crippen LogP contribution < -0.4 is 10.4 Å². The first kappa shape index (κ1) is 30.4. The number of aromatic nitrogens is 3. The molecule has 0 atom stereocenters. The van der Waals surface area contributed by atoms with E-state index in [0.29, 0.717) is 17.5 Å². The molecule has 0 unspecified atom stereocenters. The van der Waals surface area contributed by atoms with Gasteiger partial charge in [0.15, 0.2) is 17.5 Å². The maximum Gasteiger partial charge on any atom is 0.164 e. The second kappa shape index (κ2) is 11.8. The molecule has 0 spiro atoms. The number of benzene rings is 7. The largest absolute Gasteiger partial charge is 0.456 e. The fourth-order valence-electron chi connectivity index (χ4n) is 8.05. The lowest BCUT2D eigenvalue weighted by Crippen LogP contribution is -2.49. The van der Waals surface area contributed by atoms with Gasteiger partial charge in [0, 0.05) is 33.0 Å². The Labute approximate surface area is 303 Å². The minimum absolute atomic E-state index is 0.618. The van der Waals surface area contributed by atoms with E-state index in [0.717, 1.165) is 55.3 Å². The van der Waals surface area contributed by atoms with Crippen LogP contribution in [-0.4, -0.2) is 23.0 Å². The maximum atomic E-state index is 6.39. The summed E-state index contributed by atoms with van der Waals surface area (Å²) >= 11 is 0. The van der Waals surface area contributed by atoms with Gasteiger partial charge in [0.05, 0.1) is 0 Å². The summed E-state index contributed by atoms with van der Waals surface area (Å²) in [5.74, 6) is 1.90. The lowest BCUT2D eigenvalue weighted by molar-refractivity contribution is 0.669. The van der Waals surface area contributed by atoms with Crippen LogP contribution in [0.3, 0.4) is 0 Å². The first-order chi connectivity index (χ1) is 25.5. The van der Waals surface area contributed by atoms with Crippen molar-refractivity contribution in [2.24, 2.45) is 0 Å². The van der Waals surface area contributed by atoms with Crippen molar-refractivity contribution < 1.29 is 4.42 Å². The summed E-state index contributed by atoms with van der Waals surface area (Å²) in [7, 11) is -1.93. The van der Waals surface area contributed by atoms with E-state index in [4.69, 9.17) is 19.4 Å². The molecule has 0 radical (unpaired) electrons. The second-order valence-electron chi connectivity index (χ2n) is 14.0. The van der Waals surface area contributed by atoms with Crippen LogP contribution in [-0.2, 0) is 0 Å². The topological polar surface area (TPSA) is 51.8 Å². The second-order valence-corrected chi connectivity index (χ2v) is 18.3. The van der Waals surface area contributed by atoms with Crippen LogP contribution in [0.15, 0.2) is 168 Å². The lowest BCUT2D eigenvalue weighted by Gasteiger charge is -2.21. The summed E-state index contributed by atoms with van der Waals surface area (Å²) in [5.41, 5.74) is 11.7. The van der Waals surface area contributed by atoms with Crippen LogP contribution >= 0.6 is 0 Å². The van der Waals surface area contributed by atoms with E-state index in [9.17, 15) is 0 Å². The Morgan fingerprint density at radius 3 is 1.77 bits per heavy atom. The van der Waals surface area contributed by atoms with Crippen LogP contribution in [0, 0.1) is 0 Å². The van der Waals surface area contributed by atoms with Crippen molar-refractivity contribution in [1.82, 2.24) is 15.0 Å². The van der Waals surface area contributed by atoms with Crippen molar-refractivity contribution in [1.29, 1.82) is 0 Å². The average Bonchev–Trinajstić information content (AvgIpc) is 3.70. The van der Waals surface area contributed by atoms with Crippen molar-refractivity contribution in [3.05, 3.63) is 164 Å². The molecule has 7 aromatic carbocycles. The minimum Gasteiger partial charge on any atom is -0.456 e. The molecule has 2 aromatic heterocycles. The summed E-state index contributed by atoms with van der Waals surface area (Å²) in [6.45, 7) is 4.92. The van der Waals surface area contributed by atoms with Gasteiger partial charge in [0.25, 0.3) is 0 Å². The summed E-state index contributed by atoms with van der Waals surface area (Å²) in [6.07, 6.45) is 0. The summed E-state index contributed by atoms with van der Waals surface area (Å²) in [5, 5.41) is 5.02. The molecule has 1 aliphatic rings. The van der Waals surface area contributed by atoms with E-state index >= 15 is 0 Å². The van der Waals surface area contributed by atoms with E-state index in [1.54, 1.807) is 0 Å². The Morgan fingerprint density at radius 1 is 0.404 bits per heavy atom. The minimum atomic E-state index is -1.93. The van der Waals surface area contributed by atoms with Gasteiger partial charge in [-0.1, -0.05) is 153 Å². The molecule has 5 heteroatoms. The first-order valence-electron chi connectivity index (χ1n) is 17.7. The number of fused-ring (bicyclic) bond motifs is 6. The number of hydrogen-bond acceptors (Lipinski definition) is 4. The fraction of sp³-hybridized carbons (Fsp3) is 0.0426. The van der Waals surface area contributed by atoms with E-state index in [1.807, 2.05) is 36.4 Å². The van der Waals surface area contributed by atoms with Crippen molar-refractivity contribution in [2.45, 2.75) is 13.1 Å². The predicted molar refractivity (Wildman–Crippen MR) is 216 cm³/mol. The Morgan fingerprint density at radius 2 is 1.02 bits per heavy atom. The van der Waals surface area contributed by atoms with Gasteiger partial charge in [-0.05, 0) is 62.5 Å². The normalized spacial score (nSPS) is 13.0. The van der Waals surface area contributed by atoms with Crippen molar-refractivity contribution in [2.75, 3.05) is 0 Å². The SMILES string of the molecule is C[Si]1(C)c2ccccc2-c2c1ccc(-c1nc(-c3ccccc3)nc(-c3ccc4oc5cccc(-c6ccccc6)c5c4c3)n1)c2-c1ccccc1. The molecular formula is C47H33N3OSi. The Bertz CT molecular complexity index is 2810. The van der Waals surface area contributed by atoms with Crippen LogP contribution in [0.25, 0.3) is 89.5 Å². The molecule has 0 N–H and O–H groups in total. The summed E-state index contributed by atoms with van der Waals surface area (Å²) < 4.78 is 6.39. The molecule has 0 aliphatic carbocycles. The van der Waals surface area contributed by atoms with Crippen LogP contribution in [0.1, 0.15) is 0 Å². The fourth-order valence-corrected chi connectivity index (χ4v) is 11.1. The van der Waals surface area contributed by atoms with Gasteiger partial charge in [-0.25, -0.2) is 15.0 Å². The molecule has 0 saturated carbocycles. The molecule has 9 aromatic rings. The highest BCUT2D eigenvalue weighted by Crippen LogP contribution is 2.43.